The maximum atomic E-state index is 8.22. The number of nitrogens with zero attached hydrogens (tertiary/aromatic N) is 1. The predicted molar refractivity (Wildman–Crippen MR) is 37.2 cm³/mol. The summed E-state index contributed by atoms with van der Waals surface area (Å²) in [5.74, 6) is 0. The minimum absolute atomic E-state index is 0.376. The lowest BCUT2D eigenvalue weighted by molar-refractivity contribution is -0.00634. The highest BCUT2D eigenvalue weighted by Crippen LogP contribution is 2.22. The van der Waals surface area contributed by atoms with Crippen molar-refractivity contribution in [1.29, 1.82) is 5.26 Å². The lowest BCUT2D eigenvalue weighted by atomic mass is 9.89. The van der Waals surface area contributed by atoms with Crippen molar-refractivity contribution in [3.63, 3.8) is 0 Å². The molecule has 0 spiro atoms. The molecular formula is C7H12N2O. The molecule has 0 aromatic rings. The van der Waals surface area contributed by atoms with E-state index in [2.05, 4.69) is 5.32 Å². The second-order valence-electron chi connectivity index (χ2n) is 2.50. The van der Waals surface area contributed by atoms with Gasteiger partial charge in [-0.1, -0.05) is 0 Å². The molecule has 0 amide bonds. The largest absolute Gasteiger partial charge is 0.378 e. The highest BCUT2D eigenvalue weighted by molar-refractivity contribution is 4.89. The van der Waals surface area contributed by atoms with Crippen LogP contribution in [0.3, 0.4) is 0 Å². The quantitative estimate of drug-likeness (QED) is 0.462. The fourth-order valence-corrected chi connectivity index (χ4v) is 1.15. The van der Waals surface area contributed by atoms with Crippen molar-refractivity contribution in [1.82, 2.24) is 5.32 Å². The third kappa shape index (κ3) is 1.61. The molecule has 3 nitrogen and oxygen atoms in total. The topological polar surface area (TPSA) is 45.0 Å². The van der Waals surface area contributed by atoms with Gasteiger partial charge in [-0.05, 0) is 19.8 Å². The van der Waals surface area contributed by atoms with Gasteiger partial charge in [0.1, 0.15) is 0 Å². The van der Waals surface area contributed by atoms with Crippen molar-refractivity contribution in [3.05, 3.63) is 0 Å². The second-order valence-corrected chi connectivity index (χ2v) is 2.50. The summed E-state index contributed by atoms with van der Waals surface area (Å²) >= 11 is 0. The molecule has 1 aliphatic carbocycles. The summed E-state index contributed by atoms with van der Waals surface area (Å²) in [7, 11) is 0. The zero-order chi connectivity index (χ0) is 7.40. The van der Waals surface area contributed by atoms with E-state index in [1.807, 2.05) is 13.1 Å². The van der Waals surface area contributed by atoms with Crippen LogP contribution in [-0.2, 0) is 4.74 Å². The first kappa shape index (κ1) is 7.36. The summed E-state index contributed by atoms with van der Waals surface area (Å²) in [6.45, 7) is 2.77. The van der Waals surface area contributed by atoms with Crippen LogP contribution in [0.25, 0.3) is 0 Å². The van der Waals surface area contributed by atoms with Crippen LogP contribution in [0, 0.1) is 11.5 Å². The Kier molecular flexibility index (Phi) is 2.52. The predicted octanol–water partition coefficient (Wildman–Crippen LogP) is 0.625. The molecule has 1 saturated carbocycles. The first-order valence-electron chi connectivity index (χ1n) is 3.63. The van der Waals surface area contributed by atoms with Crippen molar-refractivity contribution < 1.29 is 4.74 Å². The molecular weight excluding hydrogens is 128 g/mol. The van der Waals surface area contributed by atoms with Crippen molar-refractivity contribution in [2.75, 3.05) is 6.61 Å². The van der Waals surface area contributed by atoms with Gasteiger partial charge in [-0.3, -0.25) is 0 Å². The number of rotatable bonds is 3. The Hall–Kier alpha value is -0.750. The summed E-state index contributed by atoms with van der Waals surface area (Å²) in [5, 5.41) is 10.9. The van der Waals surface area contributed by atoms with Gasteiger partial charge in [-0.15, -0.1) is 0 Å². The third-order valence-electron chi connectivity index (χ3n) is 1.77. The zero-order valence-electron chi connectivity index (χ0n) is 6.13. The van der Waals surface area contributed by atoms with E-state index in [4.69, 9.17) is 10.00 Å². The van der Waals surface area contributed by atoms with E-state index < -0.39 is 0 Å². The molecule has 1 N–H and O–H groups in total. The number of ether oxygens (including phenoxy) is 1. The minimum Gasteiger partial charge on any atom is -0.378 e. The van der Waals surface area contributed by atoms with E-state index in [-0.39, 0.29) is 0 Å². The summed E-state index contributed by atoms with van der Waals surface area (Å²) in [5.41, 5.74) is 0. The number of hydrogen-bond donors (Lipinski definition) is 1. The van der Waals surface area contributed by atoms with E-state index in [9.17, 15) is 0 Å². The Morgan fingerprint density at radius 2 is 2.40 bits per heavy atom. The first-order chi connectivity index (χ1) is 4.86. The number of nitriles is 1. The Labute approximate surface area is 61.0 Å². The van der Waals surface area contributed by atoms with Gasteiger partial charge in [0.25, 0.3) is 0 Å². The number of hydrogen-bond acceptors (Lipinski definition) is 3. The molecule has 56 valence electrons. The molecule has 0 bridgehead atoms. The molecule has 10 heavy (non-hydrogen) atoms. The molecule has 1 rings (SSSR count). The van der Waals surface area contributed by atoms with Crippen molar-refractivity contribution in [2.24, 2.45) is 0 Å². The molecule has 1 aliphatic rings. The van der Waals surface area contributed by atoms with Crippen LogP contribution >= 0.6 is 0 Å². The highest BCUT2D eigenvalue weighted by atomic mass is 16.5. The lowest BCUT2D eigenvalue weighted by Crippen LogP contribution is -2.43. The molecule has 0 atom stereocenters. The molecule has 0 unspecified atom stereocenters. The Bertz CT molecular complexity index is 135. The van der Waals surface area contributed by atoms with Gasteiger partial charge >= 0.3 is 0 Å². The normalized spacial score (nSPS) is 30.4. The molecule has 3 heteroatoms. The van der Waals surface area contributed by atoms with Crippen LogP contribution in [0.1, 0.15) is 19.8 Å². The van der Waals surface area contributed by atoms with Crippen LogP contribution < -0.4 is 5.32 Å². The summed E-state index contributed by atoms with van der Waals surface area (Å²) in [6, 6.07) is 0.376. The van der Waals surface area contributed by atoms with Crippen LogP contribution in [0.4, 0.5) is 0 Å². The van der Waals surface area contributed by atoms with Crippen LogP contribution in [-0.4, -0.2) is 18.8 Å². The van der Waals surface area contributed by atoms with Gasteiger partial charge in [0.2, 0.25) is 0 Å². The molecule has 0 aromatic carbocycles. The fourth-order valence-electron chi connectivity index (χ4n) is 1.15. The minimum atomic E-state index is 0.376. The van der Waals surface area contributed by atoms with Crippen molar-refractivity contribution in [3.8, 4) is 6.19 Å². The van der Waals surface area contributed by atoms with Crippen molar-refractivity contribution >= 4 is 0 Å². The van der Waals surface area contributed by atoms with Crippen LogP contribution in [0.5, 0.6) is 0 Å². The summed E-state index contributed by atoms with van der Waals surface area (Å²) in [4.78, 5) is 0. The van der Waals surface area contributed by atoms with E-state index in [0.29, 0.717) is 12.1 Å². The second kappa shape index (κ2) is 3.43. The van der Waals surface area contributed by atoms with Crippen molar-refractivity contribution in [2.45, 2.75) is 31.9 Å². The lowest BCUT2D eigenvalue weighted by Gasteiger charge is -2.33. The smallest absolute Gasteiger partial charge is 0.176 e. The molecule has 0 aliphatic heterocycles. The average molecular weight is 140 g/mol. The highest BCUT2D eigenvalue weighted by Gasteiger charge is 2.28. The Morgan fingerprint density at radius 3 is 2.90 bits per heavy atom. The van der Waals surface area contributed by atoms with Gasteiger partial charge in [-0.25, -0.2) is 0 Å². The monoisotopic (exact) mass is 140 g/mol. The van der Waals surface area contributed by atoms with Crippen LogP contribution in [0.15, 0.2) is 0 Å². The molecule has 0 saturated heterocycles. The average Bonchev–Trinajstić information content (AvgIpc) is 1.84. The van der Waals surface area contributed by atoms with Gasteiger partial charge in [0.15, 0.2) is 6.19 Å². The van der Waals surface area contributed by atoms with Gasteiger partial charge < -0.3 is 10.1 Å². The summed E-state index contributed by atoms with van der Waals surface area (Å²) < 4.78 is 5.30. The number of nitrogens with one attached hydrogen (secondary N) is 1. The Balaban J connectivity index is 2.02. The first-order valence-corrected chi connectivity index (χ1v) is 3.63. The maximum Gasteiger partial charge on any atom is 0.176 e. The molecule has 0 radical (unpaired) electrons. The maximum absolute atomic E-state index is 8.22. The zero-order valence-corrected chi connectivity index (χ0v) is 6.13. The molecule has 1 fully saturated rings. The van der Waals surface area contributed by atoms with E-state index in [1.54, 1.807) is 0 Å². The van der Waals surface area contributed by atoms with E-state index >= 15 is 0 Å². The van der Waals surface area contributed by atoms with Crippen LogP contribution in [0.2, 0.25) is 0 Å². The SMILES string of the molecule is CCOC1CC(NC#N)C1. The van der Waals surface area contributed by atoms with Gasteiger partial charge in [0.05, 0.1) is 6.10 Å². The van der Waals surface area contributed by atoms with E-state index in [1.165, 1.54) is 0 Å². The standard InChI is InChI=1S/C7H12N2O/c1-2-10-7-3-6(4-7)9-5-8/h6-7,9H,2-4H2,1H3. The molecule has 0 heterocycles. The molecule has 0 aromatic heterocycles. The Morgan fingerprint density at radius 1 is 1.70 bits per heavy atom. The van der Waals surface area contributed by atoms with Gasteiger partial charge in [0, 0.05) is 12.6 Å². The van der Waals surface area contributed by atoms with E-state index in [0.717, 1.165) is 19.4 Å². The summed E-state index contributed by atoms with van der Waals surface area (Å²) in [6.07, 6.45) is 4.30. The fraction of sp³-hybridized carbons (Fsp3) is 0.857. The van der Waals surface area contributed by atoms with Gasteiger partial charge in [-0.2, -0.15) is 5.26 Å². The third-order valence-corrected chi connectivity index (χ3v) is 1.77.